The maximum atomic E-state index is 5.53. The molecule has 0 radical (unpaired) electrons. The predicted molar refractivity (Wildman–Crippen MR) is 90.3 cm³/mol. The molecule has 0 fully saturated rings. The van der Waals surface area contributed by atoms with Crippen molar-refractivity contribution in [2.45, 2.75) is 40.7 Å². The number of aryl methyl sites for hydroxylation is 3. The normalized spacial score (nSPS) is 12.0. The number of nitrogens with one attached hydrogen (secondary N) is 1. The highest BCUT2D eigenvalue weighted by Gasteiger charge is 2.08. The van der Waals surface area contributed by atoms with Gasteiger partial charge in [0.2, 0.25) is 0 Å². The van der Waals surface area contributed by atoms with E-state index in [1.165, 1.54) is 22.3 Å². The molecular weight excluding hydrogens is 258 g/mol. The smallest absolute Gasteiger partial charge is 0.119 e. The quantitative estimate of drug-likeness (QED) is 0.816. The summed E-state index contributed by atoms with van der Waals surface area (Å²) >= 11 is 0. The lowest BCUT2D eigenvalue weighted by Crippen LogP contribution is -2.08. The number of benzene rings is 2. The molecule has 21 heavy (non-hydrogen) atoms. The van der Waals surface area contributed by atoms with Crippen molar-refractivity contribution in [1.82, 2.24) is 0 Å². The Hall–Kier alpha value is -1.96. The fraction of sp³-hybridized carbons (Fsp3) is 0.368. The summed E-state index contributed by atoms with van der Waals surface area (Å²) < 4.78 is 5.53. The van der Waals surface area contributed by atoms with Gasteiger partial charge in [-0.15, -0.1) is 0 Å². The Labute approximate surface area is 128 Å². The van der Waals surface area contributed by atoms with Gasteiger partial charge in [0, 0.05) is 11.7 Å². The number of hydrogen-bond donors (Lipinski definition) is 1. The van der Waals surface area contributed by atoms with E-state index in [9.17, 15) is 0 Å². The maximum absolute atomic E-state index is 5.53. The van der Waals surface area contributed by atoms with Crippen molar-refractivity contribution < 1.29 is 4.74 Å². The highest BCUT2D eigenvalue weighted by Crippen LogP contribution is 2.26. The molecule has 0 saturated heterocycles. The van der Waals surface area contributed by atoms with Crippen LogP contribution in [0.1, 0.15) is 42.1 Å². The lowest BCUT2D eigenvalue weighted by Gasteiger charge is -2.19. The average Bonchev–Trinajstić information content (AvgIpc) is 2.41. The molecule has 2 nitrogen and oxygen atoms in total. The van der Waals surface area contributed by atoms with Crippen molar-refractivity contribution in [1.29, 1.82) is 0 Å². The summed E-state index contributed by atoms with van der Waals surface area (Å²) in [6, 6.07) is 13.2. The number of anilines is 1. The molecule has 0 saturated carbocycles. The fourth-order valence-electron chi connectivity index (χ4n) is 2.63. The summed E-state index contributed by atoms with van der Waals surface area (Å²) in [6.07, 6.45) is 0. The monoisotopic (exact) mass is 283 g/mol. The van der Waals surface area contributed by atoms with E-state index in [1.54, 1.807) is 0 Å². The van der Waals surface area contributed by atoms with Crippen LogP contribution >= 0.6 is 0 Å². The molecule has 0 aliphatic rings. The van der Waals surface area contributed by atoms with Crippen LogP contribution < -0.4 is 10.1 Å². The van der Waals surface area contributed by atoms with Crippen molar-refractivity contribution in [2.24, 2.45) is 0 Å². The first-order valence-electron chi connectivity index (χ1n) is 7.57. The lowest BCUT2D eigenvalue weighted by molar-refractivity contribution is 0.340. The van der Waals surface area contributed by atoms with E-state index in [2.05, 4.69) is 63.3 Å². The molecule has 1 N–H and O–H groups in total. The largest absolute Gasteiger partial charge is 0.494 e. The minimum absolute atomic E-state index is 0.278. The molecule has 2 rings (SSSR count). The van der Waals surface area contributed by atoms with Crippen LogP contribution in [-0.4, -0.2) is 6.61 Å². The summed E-state index contributed by atoms with van der Waals surface area (Å²) in [5, 5.41) is 3.59. The minimum atomic E-state index is 0.278. The van der Waals surface area contributed by atoms with Crippen LogP contribution in [0.3, 0.4) is 0 Å². The molecule has 2 aromatic carbocycles. The summed E-state index contributed by atoms with van der Waals surface area (Å²) in [7, 11) is 0. The van der Waals surface area contributed by atoms with Gasteiger partial charge >= 0.3 is 0 Å². The van der Waals surface area contributed by atoms with E-state index in [-0.39, 0.29) is 6.04 Å². The van der Waals surface area contributed by atoms with Gasteiger partial charge in [0.05, 0.1) is 6.61 Å². The van der Waals surface area contributed by atoms with Gasteiger partial charge in [-0.1, -0.05) is 29.3 Å². The van der Waals surface area contributed by atoms with Crippen LogP contribution in [0.15, 0.2) is 36.4 Å². The van der Waals surface area contributed by atoms with Crippen LogP contribution in [0.2, 0.25) is 0 Å². The minimum Gasteiger partial charge on any atom is -0.494 e. The van der Waals surface area contributed by atoms with Gasteiger partial charge in [0.25, 0.3) is 0 Å². The second kappa shape index (κ2) is 6.66. The average molecular weight is 283 g/mol. The molecule has 1 unspecified atom stereocenters. The standard InChI is InChI=1S/C19H25NO/c1-6-21-18-7-8-19(15(4)12-18)20-16(5)17-10-13(2)9-14(3)11-17/h7-12,16,20H,6H2,1-5H3. The van der Waals surface area contributed by atoms with Crippen molar-refractivity contribution in [3.8, 4) is 5.75 Å². The molecule has 0 heterocycles. The van der Waals surface area contributed by atoms with Crippen LogP contribution in [0.25, 0.3) is 0 Å². The Kier molecular flexibility index (Phi) is 4.89. The zero-order chi connectivity index (χ0) is 15.4. The van der Waals surface area contributed by atoms with Gasteiger partial charge in [-0.05, 0) is 63.9 Å². The van der Waals surface area contributed by atoms with E-state index < -0.39 is 0 Å². The highest BCUT2D eigenvalue weighted by molar-refractivity contribution is 5.55. The van der Waals surface area contributed by atoms with Crippen LogP contribution in [-0.2, 0) is 0 Å². The molecule has 2 heteroatoms. The van der Waals surface area contributed by atoms with Crippen LogP contribution in [0.4, 0.5) is 5.69 Å². The molecule has 0 aliphatic heterocycles. The first-order chi connectivity index (χ1) is 9.99. The van der Waals surface area contributed by atoms with E-state index in [4.69, 9.17) is 4.74 Å². The lowest BCUT2D eigenvalue weighted by atomic mass is 10.0. The van der Waals surface area contributed by atoms with Gasteiger partial charge in [-0.25, -0.2) is 0 Å². The molecule has 1 atom stereocenters. The number of hydrogen-bond acceptors (Lipinski definition) is 2. The highest BCUT2D eigenvalue weighted by atomic mass is 16.5. The summed E-state index contributed by atoms with van der Waals surface area (Å²) in [5.41, 5.74) is 6.30. The van der Waals surface area contributed by atoms with E-state index >= 15 is 0 Å². The van der Waals surface area contributed by atoms with Crippen molar-refractivity contribution in [3.05, 3.63) is 58.7 Å². The topological polar surface area (TPSA) is 21.3 Å². The Morgan fingerprint density at radius 2 is 1.67 bits per heavy atom. The van der Waals surface area contributed by atoms with Crippen molar-refractivity contribution in [2.75, 3.05) is 11.9 Å². The number of ether oxygens (including phenoxy) is 1. The Morgan fingerprint density at radius 1 is 1.00 bits per heavy atom. The molecular formula is C19H25NO. The van der Waals surface area contributed by atoms with Gasteiger partial charge in [-0.2, -0.15) is 0 Å². The third kappa shape index (κ3) is 4.01. The fourth-order valence-corrected chi connectivity index (χ4v) is 2.63. The zero-order valence-electron chi connectivity index (χ0n) is 13.7. The summed E-state index contributed by atoms with van der Waals surface area (Å²) in [6.45, 7) is 11.3. The first kappa shape index (κ1) is 15.4. The van der Waals surface area contributed by atoms with Gasteiger partial charge in [0.1, 0.15) is 5.75 Å². The van der Waals surface area contributed by atoms with Crippen LogP contribution in [0.5, 0.6) is 5.75 Å². The van der Waals surface area contributed by atoms with Gasteiger partial charge in [0.15, 0.2) is 0 Å². The zero-order valence-corrected chi connectivity index (χ0v) is 13.7. The molecule has 0 amide bonds. The number of rotatable bonds is 5. The molecule has 0 aliphatic carbocycles. The Bertz CT molecular complexity index is 599. The molecule has 0 bridgehead atoms. The summed E-state index contributed by atoms with van der Waals surface area (Å²) in [4.78, 5) is 0. The first-order valence-corrected chi connectivity index (χ1v) is 7.57. The van der Waals surface area contributed by atoms with Crippen molar-refractivity contribution >= 4 is 5.69 Å². The van der Waals surface area contributed by atoms with E-state index in [0.717, 1.165) is 11.4 Å². The van der Waals surface area contributed by atoms with Gasteiger partial charge < -0.3 is 10.1 Å². The van der Waals surface area contributed by atoms with Crippen LogP contribution in [0, 0.1) is 20.8 Å². The summed E-state index contributed by atoms with van der Waals surface area (Å²) in [5.74, 6) is 0.930. The van der Waals surface area contributed by atoms with E-state index in [1.807, 2.05) is 13.0 Å². The third-order valence-electron chi connectivity index (χ3n) is 3.62. The molecule has 2 aromatic rings. The Balaban J connectivity index is 2.17. The molecule has 0 spiro atoms. The molecule has 0 aromatic heterocycles. The predicted octanol–water partition coefficient (Wildman–Crippen LogP) is 5.18. The van der Waals surface area contributed by atoms with Crippen molar-refractivity contribution in [3.63, 3.8) is 0 Å². The third-order valence-corrected chi connectivity index (χ3v) is 3.62. The maximum Gasteiger partial charge on any atom is 0.119 e. The van der Waals surface area contributed by atoms with E-state index in [0.29, 0.717) is 6.61 Å². The second-order valence-electron chi connectivity index (χ2n) is 5.70. The SMILES string of the molecule is CCOc1ccc(NC(C)c2cc(C)cc(C)c2)c(C)c1. The second-order valence-corrected chi connectivity index (χ2v) is 5.70. The Morgan fingerprint density at radius 3 is 2.24 bits per heavy atom. The van der Waals surface area contributed by atoms with Gasteiger partial charge in [-0.3, -0.25) is 0 Å². The molecule has 112 valence electrons.